The lowest BCUT2D eigenvalue weighted by Crippen LogP contribution is -2.21. The minimum atomic E-state index is -4.66. The number of benzene rings is 1. The highest BCUT2D eigenvalue weighted by atomic mass is 35.5. The molecule has 0 radical (unpaired) electrons. The van der Waals surface area contributed by atoms with Crippen LogP contribution in [-0.2, 0) is 10.1 Å². The second kappa shape index (κ2) is 4.40. The number of halogens is 1. The third-order valence-corrected chi connectivity index (χ3v) is 3.06. The van der Waals surface area contributed by atoms with Crippen LogP contribution in [0.2, 0.25) is 0 Å². The Hall–Kier alpha value is -1.50. The summed E-state index contributed by atoms with van der Waals surface area (Å²) in [6, 6.07) is 5.84. The number of carbonyl (C=O) groups is 2. The molecule has 0 fully saturated rings. The molecular weight excluding hydrogens is 268 g/mol. The van der Waals surface area contributed by atoms with Crippen LogP contribution in [0.3, 0.4) is 0 Å². The normalized spacial score (nSPS) is 14.8. The smallest absolute Gasteiger partial charge is 0.289 e. The topological polar surface area (TPSA) is 88.5 Å². The number of fused-ring (bicyclic) bond motifs is 1. The Balaban J connectivity index is 0.00000144. The molecule has 0 heterocycles. The summed E-state index contributed by atoms with van der Waals surface area (Å²) in [6.45, 7) is 0. The van der Waals surface area contributed by atoms with Gasteiger partial charge in [-0.3, -0.25) is 14.1 Å². The molecule has 0 spiro atoms. The molecule has 0 atom stereocenters. The predicted molar refractivity (Wildman–Crippen MR) is 62.0 cm³/mol. The zero-order valence-corrected chi connectivity index (χ0v) is 9.92. The Kier molecular flexibility index (Phi) is 3.51. The first-order valence-corrected chi connectivity index (χ1v) is 5.72. The van der Waals surface area contributed by atoms with Crippen molar-refractivity contribution in [2.24, 2.45) is 0 Å². The molecule has 0 unspecified atom stereocenters. The van der Waals surface area contributed by atoms with Crippen molar-refractivity contribution in [3.8, 4) is 0 Å². The van der Waals surface area contributed by atoms with Gasteiger partial charge >= 0.3 is 0 Å². The zero-order valence-electron chi connectivity index (χ0n) is 8.28. The Morgan fingerprint density at radius 2 is 1.53 bits per heavy atom. The number of allylic oxidation sites excluding steroid dienone is 2. The standard InChI is InChI=1S/C10H6O5S.ClH/c11-8-5-9(16(13,14)15)10(12)7-4-2-1-3-6(7)8;/h1-5H,(H,13,14,15);1H. The van der Waals surface area contributed by atoms with Crippen LogP contribution >= 0.6 is 12.4 Å². The average molecular weight is 275 g/mol. The van der Waals surface area contributed by atoms with Gasteiger partial charge in [0.2, 0.25) is 5.78 Å². The fourth-order valence-corrected chi connectivity index (χ4v) is 2.08. The van der Waals surface area contributed by atoms with E-state index in [0.717, 1.165) is 0 Å². The van der Waals surface area contributed by atoms with Gasteiger partial charge in [0.25, 0.3) is 10.1 Å². The van der Waals surface area contributed by atoms with Crippen LogP contribution < -0.4 is 0 Å². The highest BCUT2D eigenvalue weighted by Gasteiger charge is 2.31. The number of hydrogen-bond acceptors (Lipinski definition) is 4. The van der Waals surface area contributed by atoms with E-state index in [2.05, 4.69) is 0 Å². The van der Waals surface area contributed by atoms with Gasteiger partial charge in [0, 0.05) is 17.2 Å². The van der Waals surface area contributed by atoms with Gasteiger partial charge in [0.05, 0.1) is 0 Å². The summed E-state index contributed by atoms with van der Waals surface area (Å²) in [5, 5.41) is 0. The van der Waals surface area contributed by atoms with Crippen LogP contribution in [0.1, 0.15) is 20.7 Å². The summed E-state index contributed by atoms with van der Waals surface area (Å²) in [4.78, 5) is 22.3. The van der Waals surface area contributed by atoms with Crippen molar-refractivity contribution in [2.45, 2.75) is 0 Å². The highest BCUT2D eigenvalue weighted by molar-refractivity contribution is 7.91. The van der Waals surface area contributed by atoms with Gasteiger partial charge in [0.15, 0.2) is 5.78 Å². The number of ketones is 2. The number of Topliss-reactive ketones (excluding diaryl/α,β-unsaturated/α-hetero) is 1. The molecule has 0 saturated heterocycles. The Labute approximate surface area is 103 Å². The molecular formula is C10H7ClO5S. The maximum absolute atomic E-state index is 11.6. The van der Waals surface area contributed by atoms with Crippen LogP contribution in [0, 0.1) is 0 Å². The van der Waals surface area contributed by atoms with Crippen LogP contribution in [0.5, 0.6) is 0 Å². The number of rotatable bonds is 1. The van der Waals surface area contributed by atoms with Crippen molar-refractivity contribution < 1.29 is 22.6 Å². The predicted octanol–water partition coefficient (Wildman–Crippen LogP) is 1.26. The van der Waals surface area contributed by atoms with E-state index in [0.29, 0.717) is 6.08 Å². The third-order valence-electron chi connectivity index (χ3n) is 2.20. The molecule has 7 heteroatoms. The number of hydrogen-bond donors (Lipinski definition) is 1. The van der Waals surface area contributed by atoms with Crippen molar-refractivity contribution in [3.63, 3.8) is 0 Å². The fraction of sp³-hybridized carbons (Fsp3) is 0. The van der Waals surface area contributed by atoms with Crippen LogP contribution in [-0.4, -0.2) is 24.5 Å². The van der Waals surface area contributed by atoms with Crippen molar-refractivity contribution >= 4 is 34.1 Å². The van der Waals surface area contributed by atoms with E-state index in [-0.39, 0.29) is 23.5 Å². The summed E-state index contributed by atoms with van der Waals surface area (Å²) in [5.41, 5.74) is 0.127. The summed E-state index contributed by atoms with van der Waals surface area (Å²) in [7, 11) is -4.66. The molecule has 1 aliphatic rings. The van der Waals surface area contributed by atoms with Gasteiger partial charge in [-0.15, -0.1) is 12.4 Å². The lowest BCUT2D eigenvalue weighted by Gasteiger charge is -2.12. The molecule has 0 amide bonds. The monoisotopic (exact) mass is 274 g/mol. The quantitative estimate of drug-likeness (QED) is 0.779. The number of carbonyl (C=O) groups excluding carboxylic acids is 2. The van der Waals surface area contributed by atoms with E-state index in [1.807, 2.05) is 0 Å². The zero-order chi connectivity index (χ0) is 11.9. The van der Waals surface area contributed by atoms with Crippen LogP contribution in [0.4, 0.5) is 0 Å². The molecule has 0 aromatic heterocycles. The SMILES string of the molecule is Cl.O=C1C=C(S(=O)(=O)O)C(=O)c2ccccc21. The summed E-state index contributed by atoms with van der Waals surface area (Å²) >= 11 is 0. The lowest BCUT2D eigenvalue weighted by molar-refractivity contribution is 0.0989. The van der Waals surface area contributed by atoms with Crippen molar-refractivity contribution in [2.75, 3.05) is 0 Å². The molecule has 2 rings (SSSR count). The molecule has 1 aromatic carbocycles. The Morgan fingerprint density at radius 3 is 2.06 bits per heavy atom. The summed E-state index contributed by atoms with van der Waals surface area (Å²) < 4.78 is 30.5. The van der Waals surface area contributed by atoms with Crippen LogP contribution in [0.15, 0.2) is 35.2 Å². The van der Waals surface area contributed by atoms with Crippen molar-refractivity contribution in [1.29, 1.82) is 0 Å². The first-order valence-electron chi connectivity index (χ1n) is 4.28. The summed E-state index contributed by atoms with van der Waals surface area (Å²) in [6.07, 6.45) is 0.639. The first kappa shape index (κ1) is 13.6. The van der Waals surface area contributed by atoms with Gasteiger partial charge in [0.1, 0.15) is 4.91 Å². The lowest BCUT2D eigenvalue weighted by atomic mass is 9.95. The van der Waals surface area contributed by atoms with Gasteiger partial charge < -0.3 is 0 Å². The van der Waals surface area contributed by atoms with Crippen LogP contribution in [0.25, 0.3) is 0 Å². The highest BCUT2D eigenvalue weighted by Crippen LogP contribution is 2.23. The second-order valence-electron chi connectivity index (χ2n) is 3.22. The third kappa shape index (κ3) is 2.28. The van der Waals surface area contributed by atoms with E-state index in [1.54, 1.807) is 6.07 Å². The molecule has 0 saturated carbocycles. The van der Waals surface area contributed by atoms with Crippen molar-refractivity contribution in [1.82, 2.24) is 0 Å². The molecule has 1 aromatic rings. The molecule has 17 heavy (non-hydrogen) atoms. The second-order valence-corrected chi connectivity index (χ2v) is 4.61. The molecule has 5 nitrogen and oxygen atoms in total. The molecule has 1 N–H and O–H groups in total. The van der Waals surface area contributed by atoms with Gasteiger partial charge in [-0.05, 0) is 0 Å². The van der Waals surface area contributed by atoms with Gasteiger partial charge in [-0.2, -0.15) is 8.42 Å². The summed E-state index contributed by atoms with van der Waals surface area (Å²) in [5.74, 6) is -1.47. The molecule has 0 aliphatic heterocycles. The van der Waals surface area contributed by atoms with Gasteiger partial charge in [-0.25, -0.2) is 0 Å². The largest absolute Gasteiger partial charge is 0.298 e. The van der Waals surface area contributed by atoms with Gasteiger partial charge in [-0.1, -0.05) is 24.3 Å². The minimum absolute atomic E-state index is 0. The Morgan fingerprint density at radius 1 is 1.00 bits per heavy atom. The maximum Gasteiger partial charge on any atom is 0.298 e. The van der Waals surface area contributed by atoms with E-state index in [9.17, 15) is 18.0 Å². The molecule has 0 bridgehead atoms. The average Bonchev–Trinajstić information content (AvgIpc) is 2.22. The maximum atomic E-state index is 11.6. The van der Waals surface area contributed by atoms with Crippen molar-refractivity contribution in [3.05, 3.63) is 46.4 Å². The van der Waals surface area contributed by atoms with E-state index >= 15 is 0 Å². The minimum Gasteiger partial charge on any atom is -0.289 e. The van der Waals surface area contributed by atoms with E-state index < -0.39 is 26.6 Å². The fourth-order valence-electron chi connectivity index (χ4n) is 1.48. The molecule has 90 valence electrons. The first-order chi connectivity index (χ1) is 7.41. The molecule has 1 aliphatic carbocycles. The van der Waals surface area contributed by atoms with E-state index in [4.69, 9.17) is 4.55 Å². The Bertz CT molecular complexity index is 630. The van der Waals surface area contributed by atoms with E-state index in [1.165, 1.54) is 18.2 Å².